The van der Waals surface area contributed by atoms with E-state index >= 15 is 0 Å². The maximum atomic E-state index is 11.9. The number of esters is 1. The molecule has 0 saturated carbocycles. The summed E-state index contributed by atoms with van der Waals surface area (Å²) in [4.78, 5) is 38.1. The first-order valence-electron chi connectivity index (χ1n) is 6.38. The van der Waals surface area contributed by atoms with Gasteiger partial charge in [-0.2, -0.15) is 0 Å². The Morgan fingerprint density at radius 3 is 2.62 bits per heavy atom. The molecule has 0 unspecified atom stereocenters. The van der Waals surface area contributed by atoms with E-state index in [4.69, 9.17) is 10.5 Å². The Labute approximate surface area is 122 Å². The molecule has 3 N–H and O–H groups in total. The summed E-state index contributed by atoms with van der Waals surface area (Å²) in [6.45, 7) is 1.95. The minimum Gasteiger partial charge on any atom is -0.463 e. The van der Waals surface area contributed by atoms with E-state index in [2.05, 4.69) is 10.3 Å². The summed E-state index contributed by atoms with van der Waals surface area (Å²) in [6.07, 6.45) is 5.66. The normalized spacial score (nSPS) is 11.9. The molecule has 0 fully saturated rings. The molecular weight excluding hydrogens is 274 g/mol. The third kappa shape index (κ3) is 5.85. The van der Waals surface area contributed by atoms with Crippen molar-refractivity contribution < 1.29 is 19.1 Å². The van der Waals surface area contributed by atoms with E-state index in [9.17, 15) is 14.4 Å². The molecule has 7 heteroatoms. The van der Waals surface area contributed by atoms with Crippen LogP contribution in [0, 0.1) is 0 Å². The highest BCUT2D eigenvalue weighted by atomic mass is 16.5. The number of hydrogen-bond acceptors (Lipinski definition) is 5. The molecule has 1 aromatic rings. The number of pyridine rings is 1. The number of ether oxygens (including phenoxy) is 1. The summed E-state index contributed by atoms with van der Waals surface area (Å²) < 4.78 is 4.70. The number of rotatable bonds is 7. The Hall–Kier alpha value is -2.70. The Morgan fingerprint density at radius 1 is 1.38 bits per heavy atom. The molecule has 0 aromatic carbocycles. The number of aromatic nitrogens is 1. The van der Waals surface area contributed by atoms with Crippen molar-refractivity contribution in [3.8, 4) is 0 Å². The molecule has 112 valence electrons. The Bertz CT molecular complexity index is 528. The molecule has 1 aromatic heterocycles. The lowest BCUT2D eigenvalue weighted by Crippen LogP contribution is -2.44. The van der Waals surface area contributed by atoms with Gasteiger partial charge in [-0.25, -0.2) is 4.79 Å². The molecule has 0 radical (unpaired) electrons. The minimum absolute atomic E-state index is 0.102. The Balaban J connectivity index is 2.60. The fourth-order valence-corrected chi connectivity index (χ4v) is 1.48. The van der Waals surface area contributed by atoms with Crippen molar-refractivity contribution in [2.24, 2.45) is 5.73 Å². The van der Waals surface area contributed by atoms with Gasteiger partial charge in [0.25, 0.3) is 5.91 Å². The number of carbonyl (C=O) groups excluding carboxylic acids is 3. The molecule has 0 bridgehead atoms. The fourth-order valence-electron chi connectivity index (χ4n) is 1.48. The number of hydrogen-bond donors (Lipinski definition) is 2. The number of nitrogens with one attached hydrogen (secondary N) is 1. The molecule has 0 saturated heterocycles. The summed E-state index contributed by atoms with van der Waals surface area (Å²) >= 11 is 0. The Morgan fingerprint density at radius 2 is 2.05 bits per heavy atom. The zero-order valence-electron chi connectivity index (χ0n) is 11.6. The van der Waals surface area contributed by atoms with E-state index in [0.29, 0.717) is 5.56 Å². The minimum atomic E-state index is -0.906. The highest BCUT2D eigenvalue weighted by Crippen LogP contribution is 2.00. The lowest BCUT2D eigenvalue weighted by Gasteiger charge is -2.13. The fraction of sp³-hybridized carbons (Fsp3) is 0.286. The second-order valence-corrected chi connectivity index (χ2v) is 4.05. The highest BCUT2D eigenvalue weighted by molar-refractivity contribution is 5.97. The van der Waals surface area contributed by atoms with Gasteiger partial charge >= 0.3 is 5.97 Å². The number of nitrogens with zero attached hydrogens (tertiary/aromatic N) is 1. The van der Waals surface area contributed by atoms with E-state index < -0.39 is 23.8 Å². The zero-order chi connectivity index (χ0) is 15.7. The molecule has 7 nitrogen and oxygen atoms in total. The maximum Gasteiger partial charge on any atom is 0.330 e. The van der Waals surface area contributed by atoms with Gasteiger partial charge in [-0.1, -0.05) is 6.08 Å². The first kappa shape index (κ1) is 16.4. The molecule has 0 aliphatic rings. The van der Waals surface area contributed by atoms with E-state index in [1.54, 1.807) is 6.92 Å². The van der Waals surface area contributed by atoms with E-state index in [1.165, 1.54) is 36.7 Å². The van der Waals surface area contributed by atoms with E-state index in [1.807, 2.05) is 0 Å². The SMILES string of the molecule is CCOC(=O)/C=C/C[C@@H](NC(=O)c1ccncc1)C(N)=O. The van der Waals surface area contributed by atoms with Crippen molar-refractivity contribution in [3.05, 3.63) is 42.2 Å². The van der Waals surface area contributed by atoms with Gasteiger partial charge in [0, 0.05) is 24.0 Å². The molecule has 21 heavy (non-hydrogen) atoms. The van der Waals surface area contributed by atoms with E-state index in [0.717, 1.165) is 0 Å². The molecule has 1 heterocycles. The van der Waals surface area contributed by atoms with Crippen LogP contribution < -0.4 is 11.1 Å². The van der Waals surface area contributed by atoms with Gasteiger partial charge in [0.15, 0.2) is 0 Å². The van der Waals surface area contributed by atoms with Crippen molar-refractivity contribution in [2.45, 2.75) is 19.4 Å². The number of nitrogens with two attached hydrogens (primary N) is 1. The van der Waals surface area contributed by atoms with Crippen molar-refractivity contribution in [1.82, 2.24) is 10.3 Å². The van der Waals surface area contributed by atoms with Crippen LogP contribution in [0.4, 0.5) is 0 Å². The van der Waals surface area contributed by atoms with Crippen LogP contribution in [0.25, 0.3) is 0 Å². The molecule has 1 rings (SSSR count). The third-order valence-electron chi connectivity index (χ3n) is 2.50. The largest absolute Gasteiger partial charge is 0.463 e. The topological polar surface area (TPSA) is 111 Å². The van der Waals surface area contributed by atoms with Crippen LogP contribution in [-0.4, -0.2) is 35.4 Å². The van der Waals surface area contributed by atoms with Crippen LogP contribution in [0.15, 0.2) is 36.7 Å². The summed E-state index contributed by atoms with van der Waals surface area (Å²) in [5.41, 5.74) is 5.59. The second-order valence-electron chi connectivity index (χ2n) is 4.05. The van der Waals surface area contributed by atoms with Crippen molar-refractivity contribution >= 4 is 17.8 Å². The maximum absolute atomic E-state index is 11.9. The summed E-state index contributed by atoms with van der Waals surface area (Å²) in [7, 11) is 0. The standard InChI is InChI=1S/C14H17N3O4/c1-2-21-12(18)5-3-4-11(13(15)19)17-14(20)10-6-8-16-9-7-10/h3,5-9,11H,2,4H2,1H3,(H2,15,19)(H,17,20)/b5-3+/t11-/m1/s1. The van der Waals surface area contributed by atoms with Gasteiger partial charge in [0.1, 0.15) is 6.04 Å². The average Bonchev–Trinajstić information content (AvgIpc) is 2.47. The lowest BCUT2D eigenvalue weighted by atomic mass is 10.1. The highest BCUT2D eigenvalue weighted by Gasteiger charge is 2.17. The van der Waals surface area contributed by atoms with Gasteiger partial charge in [-0.15, -0.1) is 0 Å². The number of carbonyl (C=O) groups is 3. The molecule has 2 amide bonds. The first-order chi connectivity index (χ1) is 10.0. The Kier molecular flexibility index (Phi) is 6.59. The first-order valence-corrected chi connectivity index (χ1v) is 6.38. The molecule has 1 atom stereocenters. The van der Waals surface area contributed by atoms with Crippen LogP contribution >= 0.6 is 0 Å². The number of primary amides is 1. The van der Waals surface area contributed by atoms with Crippen molar-refractivity contribution in [2.75, 3.05) is 6.61 Å². The van der Waals surface area contributed by atoms with Gasteiger partial charge in [-0.05, 0) is 25.5 Å². The van der Waals surface area contributed by atoms with E-state index in [-0.39, 0.29) is 13.0 Å². The van der Waals surface area contributed by atoms with Crippen LogP contribution in [0.2, 0.25) is 0 Å². The summed E-state index contributed by atoms with van der Waals surface area (Å²) in [5, 5.41) is 2.49. The van der Waals surface area contributed by atoms with Crippen molar-refractivity contribution in [1.29, 1.82) is 0 Å². The predicted molar refractivity (Wildman–Crippen MR) is 75.1 cm³/mol. The average molecular weight is 291 g/mol. The third-order valence-corrected chi connectivity index (χ3v) is 2.50. The molecule has 0 aliphatic heterocycles. The summed E-state index contributed by atoms with van der Waals surface area (Å²) in [5.74, 6) is -1.64. The second kappa shape index (κ2) is 8.47. The monoisotopic (exact) mass is 291 g/mol. The smallest absolute Gasteiger partial charge is 0.330 e. The van der Waals surface area contributed by atoms with Crippen LogP contribution in [-0.2, 0) is 14.3 Å². The van der Waals surface area contributed by atoms with Gasteiger partial charge in [0.05, 0.1) is 6.61 Å². The van der Waals surface area contributed by atoms with Crippen LogP contribution in [0.1, 0.15) is 23.7 Å². The molecule has 0 spiro atoms. The van der Waals surface area contributed by atoms with Crippen molar-refractivity contribution in [3.63, 3.8) is 0 Å². The van der Waals surface area contributed by atoms with Gasteiger partial charge < -0.3 is 15.8 Å². The quantitative estimate of drug-likeness (QED) is 0.549. The predicted octanol–water partition coefficient (Wildman–Crippen LogP) is 0.175. The van der Waals surface area contributed by atoms with Crippen LogP contribution in [0.3, 0.4) is 0 Å². The van der Waals surface area contributed by atoms with Crippen LogP contribution in [0.5, 0.6) is 0 Å². The molecule has 0 aliphatic carbocycles. The lowest BCUT2D eigenvalue weighted by molar-refractivity contribution is -0.137. The number of amides is 2. The zero-order valence-corrected chi connectivity index (χ0v) is 11.6. The van der Waals surface area contributed by atoms with Gasteiger partial charge in [0.2, 0.25) is 5.91 Å². The molecular formula is C14H17N3O4. The van der Waals surface area contributed by atoms with Gasteiger partial charge in [-0.3, -0.25) is 14.6 Å². The summed E-state index contributed by atoms with van der Waals surface area (Å²) in [6, 6.07) is 2.13.